The summed E-state index contributed by atoms with van der Waals surface area (Å²) in [6, 6.07) is 9.90. The van der Waals surface area contributed by atoms with Crippen LogP contribution >= 0.6 is 11.8 Å². The van der Waals surface area contributed by atoms with Crippen LogP contribution in [0.25, 0.3) is 5.69 Å². The summed E-state index contributed by atoms with van der Waals surface area (Å²) >= 11 is 1.46. The molecule has 0 unspecified atom stereocenters. The van der Waals surface area contributed by atoms with Gasteiger partial charge in [-0.25, -0.2) is 9.67 Å². The van der Waals surface area contributed by atoms with Crippen LogP contribution in [0.2, 0.25) is 0 Å². The molecule has 1 N–H and O–H groups in total. The third-order valence-electron chi connectivity index (χ3n) is 4.27. The number of para-hydroxylation sites is 1. The fourth-order valence-electron chi connectivity index (χ4n) is 3.00. The summed E-state index contributed by atoms with van der Waals surface area (Å²) in [6.45, 7) is 2.11. The average Bonchev–Trinajstić information content (AvgIpc) is 3.11. The van der Waals surface area contributed by atoms with E-state index in [9.17, 15) is 4.79 Å². The van der Waals surface area contributed by atoms with E-state index in [1.165, 1.54) is 11.8 Å². The summed E-state index contributed by atoms with van der Waals surface area (Å²) in [5, 5.41) is 9.14. The smallest absolute Gasteiger partial charge is 0.256 e. The summed E-state index contributed by atoms with van der Waals surface area (Å²) in [4.78, 5) is 21.8. The van der Waals surface area contributed by atoms with Gasteiger partial charge in [0.05, 0.1) is 28.8 Å². The molecule has 1 aromatic carbocycles. The van der Waals surface area contributed by atoms with E-state index in [1.807, 2.05) is 42.8 Å². The van der Waals surface area contributed by atoms with Gasteiger partial charge in [-0.2, -0.15) is 0 Å². The van der Waals surface area contributed by atoms with E-state index in [1.54, 1.807) is 4.68 Å². The van der Waals surface area contributed by atoms with Crippen molar-refractivity contribution in [3.63, 3.8) is 0 Å². The molecule has 0 fully saturated rings. The standard InChI is InChI=1S/C17H18N6OS/c1-25-17-18-15-7-8-22(11-14(15)16(24)19-17)9-12-10-23(21-20-12)13-5-3-2-4-6-13/h2-6,10H,7-9,11H2,1H3,(H,18,19,24). The molecule has 0 bridgehead atoms. The number of aromatic nitrogens is 5. The van der Waals surface area contributed by atoms with E-state index in [0.29, 0.717) is 18.2 Å². The van der Waals surface area contributed by atoms with E-state index in [2.05, 4.69) is 25.2 Å². The van der Waals surface area contributed by atoms with E-state index < -0.39 is 0 Å². The minimum Gasteiger partial charge on any atom is -0.301 e. The van der Waals surface area contributed by atoms with Crippen LogP contribution in [0.3, 0.4) is 0 Å². The first-order valence-corrected chi connectivity index (χ1v) is 9.30. The summed E-state index contributed by atoms with van der Waals surface area (Å²) in [6.07, 6.45) is 4.62. The lowest BCUT2D eigenvalue weighted by molar-refractivity contribution is 0.238. The molecule has 0 spiro atoms. The van der Waals surface area contributed by atoms with Crippen molar-refractivity contribution in [3.8, 4) is 5.69 Å². The van der Waals surface area contributed by atoms with Gasteiger partial charge in [0.25, 0.3) is 5.56 Å². The van der Waals surface area contributed by atoms with Crippen molar-refractivity contribution in [2.45, 2.75) is 24.7 Å². The molecule has 0 amide bonds. The Bertz CT molecular complexity index is 936. The van der Waals surface area contributed by atoms with Crippen molar-refractivity contribution in [2.24, 2.45) is 0 Å². The second-order valence-electron chi connectivity index (χ2n) is 5.95. The zero-order valence-electron chi connectivity index (χ0n) is 13.8. The molecule has 0 saturated heterocycles. The highest BCUT2D eigenvalue weighted by atomic mass is 32.2. The molecule has 0 saturated carbocycles. The monoisotopic (exact) mass is 354 g/mol. The van der Waals surface area contributed by atoms with Gasteiger partial charge < -0.3 is 4.98 Å². The Morgan fingerprint density at radius 1 is 1.28 bits per heavy atom. The number of benzene rings is 1. The second kappa shape index (κ2) is 6.81. The van der Waals surface area contributed by atoms with E-state index in [-0.39, 0.29) is 5.56 Å². The quantitative estimate of drug-likeness (QED) is 0.567. The Hall–Kier alpha value is -2.45. The number of thioether (sulfide) groups is 1. The van der Waals surface area contributed by atoms with Crippen molar-refractivity contribution < 1.29 is 0 Å². The number of hydrogen-bond acceptors (Lipinski definition) is 6. The molecule has 0 radical (unpaired) electrons. The number of aromatic amines is 1. The van der Waals surface area contributed by atoms with Crippen molar-refractivity contribution in [1.29, 1.82) is 0 Å². The number of fused-ring (bicyclic) bond motifs is 1. The minimum atomic E-state index is -0.0352. The first-order chi connectivity index (χ1) is 12.2. The lowest BCUT2D eigenvalue weighted by atomic mass is 10.1. The molecule has 25 heavy (non-hydrogen) atoms. The largest absolute Gasteiger partial charge is 0.301 e. The number of hydrogen-bond donors (Lipinski definition) is 1. The summed E-state index contributed by atoms with van der Waals surface area (Å²) < 4.78 is 1.77. The summed E-state index contributed by atoms with van der Waals surface area (Å²) in [5.74, 6) is 0. The van der Waals surface area contributed by atoms with E-state index in [4.69, 9.17) is 0 Å². The maximum Gasteiger partial charge on any atom is 0.256 e. The zero-order chi connectivity index (χ0) is 17.2. The zero-order valence-corrected chi connectivity index (χ0v) is 14.7. The van der Waals surface area contributed by atoms with Crippen molar-refractivity contribution >= 4 is 11.8 Å². The Balaban J connectivity index is 1.50. The van der Waals surface area contributed by atoms with E-state index >= 15 is 0 Å². The number of rotatable bonds is 4. The Morgan fingerprint density at radius 2 is 2.12 bits per heavy atom. The van der Waals surface area contributed by atoms with Crippen LogP contribution in [0.5, 0.6) is 0 Å². The minimum absolute atomic E-state index is 0.0352. The van der Waals surface area contributed by atoms with Crippen LogP contribution in [0.15, 0.2) is 46.5 Å². The second-order valence-corrected chi connectivity index (χ2v) is 6.75. The van der Waals surface area contributed by atoms with Gasteiger partial charge in [0.15, 0.2) is 5.16 Å². The fraction of sp³-hybridized carbons (Fsp3) is 0.294. The lowest BCUT2D eigenvalue weighted by Gasteiger charge is -2.26. The molecule has 128 valence electrons. The van der Waals surface area contributed by atoms with Gasteiger partial charge >= 0.3 is 0 Å². The maximum atomic E-state index is 12.3. The molecule has 8 heteroatoms. The number of nitrogens with zero attached hydrogens (tertiary/aromatic N) is 5. The average molecular weight is 354 g/mol. The molecule has 4 rings (SSSR count). The van der Waals surface area contributed by atoms with Gasteiger partial charge in [-0.15, -0.1) is 5.10 Å². The third kappa shape index (κ3) is 3.35. The Morgan fingerprint density at radius 3 is 2.92 bits per heavy atom. The first-order valence-electron chi connectivity index (χ1n) is 8.08. The van der Waals surface area contributed by atoms with Crippen molar-refractivity contribution in [1.82, 2.24) is 29.9 Å². The number of nitrogens with one attached hydrogen (secondary N) is 1. The van der Waals surface area contributed by atoms with E-state index in [0.717, 1.165) is 35.6 Å². The SMILES string of the molecule is CSc1nc2c(c(=O)[nH]1)CN(Cc1cn(-c3ccccc3)nn1)CC2. The molecule has 2 aromatic heterocycles. The molecule has 1 aliphatic heterocycles. The van der Waals surface area contributed by atoms with Gasteiger partial charge in [0.1, 0.15) is 0 Å². The van der Waals surface area contributed by atoms with Gasteiger partial charge in [-0.3, -0.25) is 9.69 Å². The molecule has 3 heterocycles. The molecule has 0 atom stereocenters. The highest BCUT2D eigenvalue weighted by molar-refractivity contribution is 7.98. The van der Waals surface area contributed by atoms with Crippen LogP contribution in [0.1, 0.15) is 17.0 Å². The van der Waals surface area contributed by atoms with Crippen LogP contribution in [0, 0.1) is 0 Å². The lowest BCUT2D eigenvalue weighted by Crippen LogP contribution is -2.35. The highest BCUT2D eigenvalue weighted by Gasteiger charge is 2.22. The van der Waals surface area contributed by atoms with Gasteiger partial charge in [-0.05, 0) is 18.4 Å². The van der Waals surface area contributed by atoms with Gasteiger partial charge in [0.2, 0.25) is 0 Å². The Labute approximate surface area is 149 Å². The maximum absolute atomic E-state index is 12.3. The van der Waals surface area contributed by atoms with Crippen LogP contribution in [-0.4, -0.2) is 42.7 Å². The molecule has 1 aliphatic rings. The molecule has 3 aromatic rings. The highest BCUT2D eigenvalue weighted by Crippen LogP contribution is 2.18. The molecule has 7 nitrogen and oxygen atoms in total. The summed E-state index contributed by atoms with van der Waals surface area (Å²) in [7, 11) is 0. The topological polar surface area (TPSA) is 79.7 Å². The van der Waals surface area contributed by atoms with Gasteiger partial charge in [-0.1, -0.05) is 35.2 Å². The summed E-state index contributed by atoms with van der Waals surface area (Å²) in [5.41, 5.74) is 3.51. The molecular formula is C17H18N6OS. The third-order valence-corrected chi connectivity index (χ3v) is 4.85. The number of H-pyrrole nitrogens is 1. The van der Waals surface area contributed by atoms with Crippen molar-refractivity contribution in [3.05, 3.63) is 63.8 Å². The van der Waals surface area contributed by atoms with Crippen molar-refractivity contribution in [2.75, 3.05) is 12.8 Å². The fourth-order valence-corrected chi connectivity index (χ4v) is 3.39. The Kier molecular flexibility index (Phi) is 4.37. The predicted molar refractivity (Wildman–Crippen MR) is 95.8 cm³/mol. The van der Waals surface area contributed by atoms with Crippen LogP contribution in [0.4, 0.5) is 0 Å². The van der Waals surface area contributed by atoms with Crippen LogP contribution < -0.4 is 5.56 Å². The first kappa shape index (κ1) is 16.0. The predicted octanol–water partition coefficient (Wildman–Crippen LogP) is 1.63. The van der Waals surface area contributed by atoms with Gasteiger partial charge in [0, 0.05) is 26.1 Å². The van der Waals surface area contributed by atoms with Crippen LogP contribution in [-0.2, 0) is 19.5 Å². The normalized spacial score (nSPS) is 14.4. The molecular weight excluding hydrogens is 336 g/mol. The molecule has 0 aliphatic carbocycles.